The molecular weight excluding hydrogens is 282 g/mol. The molecule has 3 rings (SSSR count). The maximum absolute atomic E-state index is 10.4. The normalized spacial score (nSPS) is 22.1. The van der Waals surface area contributed by atoms with Crippen LogP contribution >= 0.6 is 0 Å². The van der Waals surface area contributed by atoms with Crippen LogP contribution in [-0.4, -0.2) is 22.8 Å². The van der Waals surface area contributed by atoms with E-state index in [1.54, 1.807) is 0 Å². The van der Waals surface area contributed by atoms with E-state index < -0.39 is 0 Å². The molecule has 2 nitrogen and oxygen atoms in total. The number of aliphatic hydroxyl groups excluding tert-OH is 1. The van der Waals surface area contributed by atoms with Crippen LogP contribution in [-0.2, 0) is 13.0 Å². The van der Waals surface area contributed by atoms with Crippen LogP contribution in [0.3, 0.4) is 0 Å². The minimum atomic E-state index is -0.286. The van der Waals surface area contributed by atoms with Gasteiger partial charge in [-0.05, 0) is 49.1 Å². The highest BCUT2D eigenvalue weighted by Gasteiger charge is 2.26. The smallest absolute Gasteiger partial charge is 0.107 e. The Morgan fingerprint density at radius 1 is 0.913 bits per heavy atom. The van der Waals surface area contributed by atoms with E-state index in [-0.39, 0.29) is 6.23 Å². The van der Waals surface area contributed by atoms with E-state index in [2.05, 4.69) is 59.5 Å². The highest BCUT2D eigenvalue weighted by molar-refractivity contribution is 5.15. The van der Waals surface area contributed by atoms with Crippen molar-refractivity contribution in [1.29, 1.82) is 0 Å². The Labute approximate surface area is 139 Å². The lowest BCUT2D eigenvalue weighted by atomic mass is 9.89. The summed E-state index contributed by atoms with van der Waals surface area (Å²) in [5, 5.41) is 10.4. The number of likely N-dealkylation sites (tertiary alicyclic amines) is 1. The average molecular weight is 309 g/mol. The Morgan fingerprint density at radius 3 is 2.22 bits per heavy atom. The molecule has 1 aliphatic rings. The van der Waals surface area contributed by atoms with Crippen LogP contribution in [0.5, 0.6) is 0 Å². The Kier molecular flexibility index (Phi) is 5.84. The minimum absolute atomic E-state index is 0.286. The number of piperidine rings is 1. The highest BCUT2D eigenvalue weighted by Crippen LogP contribution is 2.27. The van der Waals surface area contributed by atoms with Crippen molar-refractivity contribution in [3.63, 3.8) is 0 Å². The van der Waals surface area contributed by atoms with Gasteiger partial charge in [0, 0.05) is 13.1 Å². The lowest BCUT2D eigenvalue weighted by molar-refractivity contribution is -0.0489. The summed E-state index contributed by atoms with van der Waals surface area (Å²) in [5.74, 6) is 0.667. The van der Waals surface area contributed by atoms with E-state index >= 15 is 0 Å². The number of aliphatic hydroxyl groups is 1. The summed E-state index contributed by atoms with van der Waals surface area (Å²) in [6.45, 7) is 1.87. The van der Waals surface area contributed by atoms with Gasteiger partial charge in [-0.15, -0.1) is 0 Å². The number of aryl methyl sites for hydroxylation is 1. The Bertz CT molecular complexity index is 569. The molecule has 1 aliphatic heterocycles. The van der Waals surface area contributed by atoms with Gasteiger partial charge in [0.2, 0.25) is 0 Å². The first-order valence-corrected chi connectivity index (χ1v) is 8.81. The van der Waals surface area contributed by atoms with Crippen molar-refractivity contribution in [1.82, 2.24) is 4.90 Å². The summed E-state index contributed by atoms with van der Waals surface area (Å²) in [4.78, 5) is 2.21. The number of hydrogen-bond acceptors (Lipinski definition) is 2. The van der Waals surface area contributed by atoms with Crippen LogP contribution in [0.4, 0.5) is 0 Å². The number of nitrogens with zero attached hydrogens (tertiary/aromatic N) is 1. The van der Waals surface area contributed by atoms with E-state index in [1.165, 1.54) is 30.4 Å². The predicted octanol–water partition coefficient (Wildman–Crippen LogP) is 4.24. The zero-order valence-corrected chi connectivity index (χ0v) is 13.8. The molecule has 0 aromatic heterocycles. The molecule has 2 aromatic carbocycles. The molecule has 1 fully saturated rings. The topological polar surface area (TPSA) is 23.5 Å². The second kappa shape index (κ2) is 8.28. The van der Waals surface area contributed by atoms with Gasteiger partial charge in [0.05, 0.1) is 0 Å². The van der Waals surface area contributed by atoms with Crippen molar-refractivity contribution in [2.45, 2.75) is 44.9 Å². The molecule has 0 radical (unpaired) electrons. The lowest BCUT2D eigenvalue weighted by Crippen LogP contribution is -2.41. The molecule has 2 aromatic rings. The van der Waals surface area contributed by atoms with E-state index in [0.717, 1.165) is 25.9 Å². The summed E-state index contributed by atoms with van der Waals surface area (Å²) in [5.41, 5.74) is 2.71. The SMILES string of the molecule is OC1CC(CCCc2ccccc2)CCN1Cc1ccccc1. The van der Waals surface area contributed by atoms with Crippen LogP contribution in [0.25, 0.3) is 0 Å². The zero-order valence-electron chi connectivity index (χ0n) is 13.8. The molecule has 0 spiro atoms. The number of benzene rings is 2. The van der Waals surface area contributed by atoms with Crippen molar-refractivity contribution < 1.29 is 5.11 Å². The fourth-order valence-corrected chi connectivity index (χ4v) is 3.57. The van der Waals surface area contributed by atoms with Gasteiger partial charge < -0.3 is 5.11 Å². The van der Waals surface area contributed by atoms with E-state index in [0.29, 0.717) is 5.92 Å². The van der Waals surface area contributed by atoms with Gasteiger partial charge in [0.15, 0.2) is 0 Å². The molecule has 2 unspecified atom stereocenters. The van der Waals surface area contributed by atoms with E-state index in [1.807, 2.05) is 6.07 Å². The average Bonchev–Trinajstić information content (AvgIpc) is 2.59. The van der Waals surface area contributed by atoms with Crippen LogP contribution in [0.2, 0.25) is 0 Å². The summed E-state index contributed by atoms with van der Waals surface area (Å²) in [7, 11) is 0. The first-order valence-electron chi connectivity index (χ1n) is 8.81. The third kappa shape index (κ3) is 4.92. The fourth-order valence-electron chi connectivity index (χ4n) is 3.57. The summed E-state index contributed by atoms with van der Waals surface area (Å²) in [6.07, 6.45) is 5.44. The molecule has 0 aliphatic carbocycles. The molecule has 23 heavy (non-hydrogen) atoms. The largest absolute Gasteiger partial charge is 0.378 e. The maximum Gasteiger partial charge on any atom is 0.107 e. The lowest BCUT2D eigenvalue weighted by Gasteiger charge is -2.36. The predicted molar refractivity (Wildman–Crippen MR) is 95.0 cm³/mol. The molecule has 122 valence electrons. The first kappa shape index (κ1) is 16.2. The fraction of sp³-hybridized carbons (Fsp3) is 0.429. The quantitative estimate of drug-likeness (QED) is 0.862. The van der Waals surface area contributed by atoms with Gasteiger partial charge in [0.1, 0.15) is 6.23 Å². The van der Waals surface area contributed by atoms with Crippen LogP contribution < -0.4 is 0 Å². The zero-order chi connectivity index (χ0) is 15.9. The minimum Gasteiger partial charge on any atom is -0.378 e. The standard InChI is InChI=1S/C21H27NO/c23-21-16-19(13-7-12-18-8-3-1-4-9-18)14-15-22(21)17-20-10-5-2-6-11-20/h1-6,8-11,19,21,23H,7,12-17H2. The highest BCUT2D eigenvalue weighted by atomic mass is 16.3. The van der Waals surface area contributed by atoms with Crippen molar-refractivity contribution >= 4 is 0 Å². The van der Waals surface area contributed by atoms with E-state index in [9.17, 15) is 5.11 Å². The van der Waals surface area contributed by atoms with Crippen molar-refractivity contribution in [3.05, 3.63) is 71.8 Å². The number of hydrogen-bond donors (Lipinski definition) is 1. The monoisotopic (exact) mass is 309 g/mol. The molecule has 0 saturated carbocycles. The van der Waals surface area contributed by atoms with Crippen LogP contribution in [0.15, 0.2) is 60.7 Å². The Balaban J connectivity index is 1.41. The summed E-state index contributed by atoms with van der Waals surface area (Å²) in [6, 6.07) is 21.2. The van der Waals surface area contributed by atoms with Gasteiger partial charge in [-0.1, -0.05) is 60.7 Å². The molecule has 1 N–H and O–H groups in total. The van der Waals surface area contributed by atoms with Gasteiger partial charge in [0.25, 0.3) is 0 Å². The second-order valence-corrected chi connectivity index (χ2v) is 6.70. The molecule has 1 heterocycles. The van der Waals surface area contributed by atoms with Crippen molar-refractivity contribution in [2.75, 3.05) is 6.54 Å². The molecule has 1 saturated heterocycles. The number of rotatable bonds is 6. The molecule has 2 atom stereocenters. The molecule has 0 bridgehead atoms. The third-order valence-corrected chi connectivity index (χ3v) is 4.94. The van der Waals surface area contributed by atoms with Gasteiger partial charge in [-0.25, -0.2) is 0 Å². The Hall–Kier alpha value is -1.64. The summed E-state index contributed by atoms with van der Waals surface area (Å²) >= 11 is 0. The van der Waals surface area contributed by atoms with Gasteiger partial charge in [-0.3, -0.25) is 4.90 Å². The third-order valence-electron chi connectivity index (χ3n) is 4.94. The van der Waals surface area contributed by atoms with Crippen LogP contribution in [0.1, 0.15) is 36.8 Å². The van der Waals surface area contributed by atoms with Crippen molar-refractivity contribution in [3.8, 4) is 0 Å². The second-order valence-electron chi connectivity index (χ2n) is 6.70. The Morgan fingerprint density at radius 2 is 1.57 bits per heavy atom. The van der Waals surface area contributed by atoms with Gasteiger partial charge in [-0.2, -0.15) is 0 Å². The molecular formula is C21H27NO. The molecule has 0 amide bonds. The first-order chi connectivity index (χ1) is 11.3. The van der Waals surface area contributed by atoms with Gasteiger partial charge >= 0.3 is 0 Å². The molecule has 2 heteroatoms. The van der Waals surface area contributed by atoms with Crippen molar-refractivity contribution in [2.24, 2.45) is 5.92 Å². The van der Waals surface area contributed by atoms with E-state index in [4.69, 9.17) is 0 Å². The summed E-state index contributed by atoms with van der Waals surface area (Å²) < 4.78 is 0. The maximum atomic E-state index is 10.4. The van der Waals surface area contributed by atoms with Crippen LogP contribution in [0, 0.1) is 5.92 Å².